The molecule has 0 radical (unpaired) electrons. The number of rotatable bonds is 5. The summed E-state index contributed by atoms with van der Waals surface area (Å²) in [6.45, 7) is 0. The van der Waals surface area contributed by atoms with Gasteiger partial charge in [0.25, 0.3) is 0 Å². The van der Waals surface area contributed by atoms with E-state index in [1.54, 1.807) is 0 Å². The van der Waals surface area contributed by atoms with E-state index >= 15 is 0 Å². The van der Waals surface area contributed by atoms with Crippen LogP contribution in [0.3, 0.4) is 0 Å². The Kier molecular flexibility index (Phi) is 4.94. The van der Waals surface area contributed by atoms with E-state index in [9.17, 15) is 0 Å². The van der Waals surface area contributed by atoms with Crippen molar-refractivity contribution in [1.82, 2.24) is 9.97 Å². The molecule has 0 amide bonds. The molecular formula is C22H17BN2O2. The van der Waals surface area contributed by atoms with Gasteiger partial charge in [-0.3, -0.25) is 0 Å². The van der Waals surface area contributed by atoms with E-state index in [1.165, 1.54) is 0 Å². The summed E-state index contributed by atoms with van der Waals surface area (Å²) in [6, 6.07) is 29.5. The minimum Gasteiger partial charge on any atom is -0.539 e. The summed E-state index contributed by atoms with van der Waals surface area (Å²) in [5.41, 5.74) is 4.67. The fourth-order valence-corrected chi connectivity index (χ4v) is 2.86. The number of nitrogens with zero attached hydrogens (tertiary/aromatic N) is 2. The Balaban J connectivity index is 1.83. The second-order valence-electron chi connectivity index (χ2n) is 5.99. The van der Waals surface area contributed by atoms with Crippen LogP contribution in [0.1, 0.15) is 0 Å². The molecule has 0 unspecified atom stereocenters. The monoisotopic (exact) mass is 352 g/mol. The topological polar surface area (TPSA) is 55.2 Å². The molecule has 1 heterocycles. The lowest BCUT2D eigenvalue weighted by molar-refractivity contribution is 0.454. The summed E-state index contributed by atoms with van der Waals surface area (Å²) in [5, 5.41) is 8.89. The van der Waals surface area contributed by atoms with Crippen molar-refractivity contribution in [2.75, 3.05) is 0 Å². The highest BCUT2D eigenvalue weighted by atomic mass is 16.5. The highest BCUT2D eigenvalue weighted by Gasteiger charge is 2.10. The van der Waals surface area contributed by atoms with Gasteiger partial charge in [-0.15, -0.1) is 0 Å². The van der Waals surface area contributed by atoms with Crippen LogP contribution in [-0.4, -0.2) is 22.7 Å². The molecule has 0 saturated heterocycles. The van der Waals surface area contributed by atoms with Crippen molar-refractivity contribution < 1.29 is 9.68 Å². The Labute approximate surface area is 158 Å². The summed E-state index contributed by atoms with van der Waals surface area (Å²) in [6.07, 6.45) is 0. The average molecular weight is 352 g/mol. The van der Waals surface area contributed by atoms with Gasteiger partial charge in [0.2, 0.25) is 0 Å². The van der Waals surface area contributed by atoms with Gasteiger partial charge in [-0.2, -0.15) is 0 Å². The average Bonchev–Trinajstić information content (AvgIpc) is 2.75. The number of benzene rings is 3. The molecule has 27 heavy (non-hydrogen) atoms. The van der Waals surface area contributed by atoms with E-state index in [-0.39, 0.29) is 7.69 Å². The number of hydrogen-bond donors (Lipinski definition) is 1. The van der Waals surface area contributed by atoms with Crippen LogP contribution in [-0.2, 0) is 0 Å². The molecule has 5 heteroatoms. The van der Waals surface area contributed by atoms with Crippen molar-refractivity contribution in [1.29, 1.82) is 0 Å². The fraction of sp³-hybridized carbons (Fsp3) is 0. The molecule has 1 aromatic heterocycles. The van der Waals surface area contributed by atoms with Gasteiger partial charge in [0.1, 0.15) is 5.75 Å². The molecule has 4 aromatic rings. The first kappa shape index (κ1) is 17.0. The van der Waals surface area contributed by atoms with E-state index in [4.69, 9.17) is 19.6 Å². The van der Waals surface area contributed by atoms with Gasteiger partial charge in [-0.1, -0.05) is 60.7 Å². The van der Waals surface area contributed by atoms with Crippen molar-refractivity contribution in [2.24, 2.45) is 0 Å². The van der Waals surface area contributed by atoms with Crippen molar-refractivity contribution >= 4 is 7.69 Å². The Hall–Kier alpha value is -3.44. The predicted molar refractivity (Wildman–Crippen MR) is 108 cm³/mol. The summed E-state index contributed by atoms with van der Waals surface area (Å²) in [5.74, 6) is 1.30. The standard InChI is InChI=1S/C22H17BN2O2/c26-23-27-19-13-11-17(12-14-19)21-15-20(16-7-3-1-4-8-16)24-22(25-21)18-9-5-2-6-10-18/h1-15,23,26H. The maximum Gasteiger partial charge on any atom is 0.504 e. The van der Waals surface area contributed by atoms with Crippen LogP contribution in [0.5, 0.6) is 5.75 Å². The molecule has 0 aliphatic carbocycles. The molecule has 0 aliphatic rings. The van der Waals surface area contributed by atoms with Crippen molar-refractivity contribution in [3.8, 4) is 39.7 Å². The van der Waals surface area contributed by atoms with E-state index in [0.717, 1.165) is 28.1 Å². The SMILES string of the molecule is OBOc1ccc(-c2cc(-c3ccccc3)nc(-c3ccccc3)n2)cc1. The van der Waals surface area contributed by atoms with Gasteiger partial charge >= 0.3 is 7.69 Å². The van der Waals surface area contributed by atoms with Crippen LogP contribution in [0, 0.1) is 0 Å². The molecule has 0 aliphatic heterocycles. The lowest BCUT2D eigenvalue weighted by Crippen LogP contribution is -1.99. The highest BCUT2D eigenvalue weighted by molar-refractivity contribution is 6.17. The summed E-state index contributed by atoms with van der Waals surface area (Å²) in [7, 11) is -0.344. The highest BCUT2D eigenvalue weighted by Crippen LogP contribution is 2.28. The van der Waals surface area contributed by atoms with Gasteiger partial charge in [-0.25, -0.2) is 9.97 Å². The largest absolute Gasteiger partial charge is 0.539 e. The third-order valence-electron chi connectivity index (χ3n) is 4.21. The lowest BCUT2D eigenvalue weighted by atomic mass is 10.1. The van der Waals surface area contributed by atoms with Gasteiger partial charge < -0.3 is 9.68 Å². The smallest absolute Gasteiger partial charge is 0.504 e. The van der Waals surface area contributed by atoms with Gasteiger partial charge in [0.05, 0.1) is 11.4 Å². The first-order valence-electron chi connectivity index (χ1n) is 8.67. The molecule has 4 rings (SSSR count). The van der Waals surface area contributed by atoms with Gasteiger partial charge in [-0.05, 0) is 30.3 Å². The zero-order chi connectivity index (χ0) is 18.5. The maximum absolute atomic E-state index is 8.89. The van der Waals surface area contributed by atoms with Gasteiger partial charge in [0.15, 0.2) is 5.82 Å². The van der Waals surface area contributed by atoms with Crippen LogP contribution in [0.15, 0.2) is 91.0 Å². The molecule has 0 atom stereocenters. The van der Waals surface area contributed by atoms with Crippen molar-refractivity contribution in [3.05, 3.63) is 91.0 Å². The maximum atomic E-state index is 8.89. The predicted octanol–water partition coefficient (Wildman–Crippen LogP) is 4.12. The Bertz CT molecular complexity index is 965. The molecule has 0 saturated carbocycles. The van der Waals surface area contributed by atoms with Crippen LogP contribution in [0.25, 0.3) is 33.9 Å². The summed E-state index contributed by atoms with van der Waals surface area (Å²) < 4.78 is 5.11. The molecule has 4 nitrogen and oxygen atoms in total. The summed E-state index contributed by atoms with van der Waals surface area (Å²) in [4.78, 5) is 9.55. The van der Waals surface area contributed by atoms with Crippen LogP contribution < -0.4 is 4.65 Å². The number of aromatic nitrogens is 2. The zero-order valence-electron chi connectivity index (χ0n) is 14.6. The van der Waals surface area contributed by atoms with E-state index in [0.29, 0.717) is 11.6 Å². The van der Waals surface area contributed by atoms with E-state index < -0.39 is 0 Å². The first-order chi connectivity index (χ1) is 13.3. The number of hydrogen-bond acceptors (Lipinski definition) is 4. The second kappa shape index (κ2) is 7.85. The quantitative estimate of drug-likeness (QED) is 0.549. The minimum atomic E-state index is -0.344. The van der Waals surface area contributed by atoms with E-state index in [1.807, 2.05) is 91.0 Å². The zero-order valence-corrected chi connectivity index (χ0v) is 14.6. The Morgan fingerprint density at radius 1 is 0.630 bits per heavy atom. The van der Waals surface area contributed by atoms with Gasteiger partial charge in [0, 0.05) is 16.7 Å². The van der Waals surface area contributed by atoms with Crippen LogP contribution >= 0.6 is 0 Å². The summed E-state index contributed by atoms with van der Waals surface area (Å²) >= 11 is 0. The lowest BCUT2D eigenvalue weighted by Gasteiger charge is -2.10. The van der Waals surface area contributed by atoms with Crippen molar-refractivity contribution in [2.45, 2.75) is 0 Å². The molecule has 0 bridgehead atoms. The first-order valence-corrected chi connectivity index (χ1v) is 8.67. The van der Waals surface area contributed by atoms with Crippen LogP contribution in [0.2, 0.25) is 0 Å². The molecule has 3 aromatic carbocycles. The molecule has 0 spiro atoms. The Morgan fingerprint density at radius 3 is 1.70 bits per heavy atom. The van der Waals surface area contributed by atoms with Crippen LogP contribution in [0.4, 0.5) is 0 Å². The molecule has 130 valence electrons. The fourth-order valence-electron chi connectivity index (χ4n) is 2.86. The molecule has 1 N–H and O–H groups in total. The minimum absolute atomic E-state index is 0.344. The molecular weight excluding hydrogens is 335 g/mol. The normalized spacial score (nSPS) is 10.4. The molecule has 0 fully saturated rings. The second-order valence-corrected chi connectivity index (χ2v) is 5.99. The third kappa shape index (κ3) is 3.88. The third-order valence-corrected chi connectivity index (χ3v) is 4.21. The van der Waals surface area contributed by atoms with Crippen molar-refractivity contribution in [3.63, 3.8) is 0 Å². The van der Waals surface area contributed by atoms with E-state index in [2.05, 4.69) is 0 Å². The Morgan fingerprint density at radius 2 is 1.15 bits per heavy atom.